The molecule has 0 heterocycles. The highest BCUT2D eigenvalue weighted by molar-refractivity contribution is 5.89. The van der Waals surface area contributed by atoms with Crippen molar-refractivity contribution in [1.29, 1.82) is 0 Å². The largest absolute Gasteiger partial charge is 0.465 e. The Kier molecular flexibility index (Phi) is 5.31. The zero-order valence-electron chi connectivity index (χ0n) is 11.4. The number of hydrogen-bond acceptors (Lipinski definition) is 4. The van der Waals surface area contributed by atoms with Crippen LogP contribution in [0, 0.1) is 0 Å². The van der Waals surface area contributed by atoms with Crippen LogP contribution in [0.3, 0.4) is 0 Å². The Morgan fingerprint density at radius 1 is 1.22 bits per heavy atom. The fourth-order valence-corrected chi connectivity index (χ4v) is 1.46. The Morgan fingerprint density at radius 3 is 2.33 bits per heavy atom. The quantitative estimate of drug-likeness (QED) is 0.785. The molecule has 18 heavy (non-hydrogen) atoms. The molecule has 0 saturated carbocycles. The number of rotatable bonds is 6. The van der Waals surface area contributed by atoms with Crippen molar-refractivity contribution in [2.75, 3.05) is 20.8 Å². The van der Waals surface area contributed by atoms with Gasteiger partial charge in [0.15, 0.2) is 0 Å². The van der Waals surface area contributed by atoms with Crippen molar-refractivity contribution in [3.63, 3.8) is 0 Å². The smallest absolute Gasteiger partial charge is 0.337 e. The van der Waals surface area contributed by atoms with Crippen molar-refractivity contribution in [1.82, 2.24) is 5.32 Å². The van der Waals surface area contributed by atoms with Crippen LogP contribution in [0.25, 0.3) is 0 Å². The van der Waals surface area contributed by atoms with E-state index in [-0.39, 0.29) is 11.6 Å². The summed E-state index contributed by atoms with van der Waals surface area (Å²) < 4.78 is 9.96. The zero-order valence-corrected chi connectivity index (χ0v) is 11.4. The minimum absolute atomic E-state index is 0.175. The molecule has 0 fully saturated rings. The second-order valence-corrected chi connectivity index (χ2v) is 4.76. The summed E-state index contributed by atoms with van der Waals surface area (Å²) in [6, 6.07) is 7.37. The molecule has 0 unspecified atom stereocenters. The highest BCUT2D eigenvalue weighted by Gasteiger charge is 2.15. The number of hydrogen-bond donors (Lipinski definition) is 1. The minimum Gasteiger partial charge on any atom is -0.465 e. The zero-order chi connectivity index (χ0) is 13.6. The monoisotopic (exact) mass is 251 g/mol. The normalized spacial score (nSPS) is 11.3. The predicted molar refractivity (Wildman–Crippen MR) is 70.6 cm³/mol. The molecule has 100 valence electrons. The van der Waals surface area contributed by atoms with Crippen molar-refractivity contribution in [3.8, 4) is 0 Å². The maximum absolute atomic E-state index is 11.3. The van der Waals surface area contributed by atoms with Gasteiger partial charge in [-0.15, -0.1) is 0 Å². The maximum atomic E-state index is 11.3. The second-order valence-electron chi connectivity index (χ2n) is 4.76. The first kappa shape index (κ1) is 14.7. The van der Waals surface area contributed by atoms with Crippen LogP contribution in [-0.2, 0) is 16.0 Å². The molecule has 0 aliphatic heterocycles. The lowest BCUT2D eigenvalue weighted by molar-refractivity contribution is 0.0230. The van der Waals surface area contributed by atoms with E-state index in [2.05, 4.69) is 10.1 Å². The van der Waals surface area contributed by atoms with Crippen LogP contribution in [0.4, 0.5) is 0 Å². The van der Waals surface area contributed by atoms with Gasteiger partial charge in [-0.25, -0.2) is 4.79 Å². The topological polar surface area (TPSA) is 47.6 Å². The van der Waals surface area contributed by atoms with Crippen LogP contribution >= 0.6 is 0 Å². The van der Waals surface area contributed by atoms with Gasteiger partial charge in [-0.1, -0.05) is 12.1 Å². The van der Waals surface area contributed by atoms with Crippen molar-refractivity contribution in [2.45, 2.75) is 26.0 Å². The summed E-state index contributed by atoms with van der Waals surface area (Å²) in [4.78, 5) is 11.3. The standard InChI is InChI=1S/C14H21NO3/c1-14(2,18-4)10-15-9-11-5-7-12(8-6-11)13(16)17-3/h5-8,15H,9-10H2,1-4H3. The molecule has 0 bridgehead atoms. The van der Waals surface area contributed by atoms with Gasteiger partial charge < -0.3 is 14.8 Å². The Bertz CT molecular complexity index is 385. The van der Waals surface area contributed by atoms with Gasteiger partial charge in [0.25, 0.3) is 0 Å². The Balaban J connectivity index is 2.47. The van der Waals surface area contributed by atoms with Gasteiger partial charge in [0.1, 0.15) is 0 Å². The molecule has 0 spiro atoms. The molecule has 0 radical (unpaired) electrons. The molecule has 1 rings (SSSR count). The first-order chi connectivity index (χ1) is 8.48. The molecule has 4 nitrogen and oxygen atoms in total. The third-order valence-corrected chi connectivity index (χ3v) is 2.81. The second kappa shape index (κ2) is 6.52. The summed E-state index contributed by atoms with van der Waals surface area (Å²) in [6.45, 7) is 5.57. The van der Waals surface area contributed by atoms with E-state index in [9.17, 15) is 4.79 Å². The molecule has 0 aliphatic rings. The Morgan fingerprint density at radius 2 is 1.83 bits per heavy atom. The van der Waals surface area contributed by atoms with Gasteiger partial charge in [-0.05, 0) is 31.5 Å². The number of nitrogens with one attached hydrogen (secondary N) is 1. The molecular weight excluding hydrogens is 230 g/mol. The average molecular weight is 251 g/mol. The lowest BCUT2D eigenvalue weighted by Gasteiger charge is -2.23. The van der Waals surface area contributed by atoms with Gasteiger partial charge in [0.2, 0.25) is 0 Å². The predicted octanol–water partition coefficient (Wildman–Crippen LogP) is 1.99. The van der Waals surface area contributed by atoms with Crippen molar-refractivity contribution in [2.24, 2.45) is 0 Å². The van der Waals surface area contributed by atoms with Crippen molar-refractivity contribution >= 4 is 5.97 Å². The first-order valence-electron chi connectivity index (χ1n) is 5.91. The molecule has 4 heteroatoms. The van der Waals surface area contributed by atoms with E-state index in [1.54, 1.807) is 19.2 Å². The van der Waals surface area contributed by atoms with Crippen LogP contribution in [0.1, 0.15) is 29.8 Å². The summed E-state index contributed by atoms with van der Waals surface area (Å²) in [5, 5.41) is 3.31. The molecule has 0 atom stereocenters. The third-order valence-electron chi connectivity index (χ3n) is 2.81. The Labute approximate surface area is 108 Å². The van der Waals surface area contributed by atoms with Crippen LogP contribution in [-0.4, -0.2) is 32.3 Å². The van der Waals surface area contributed by atoms with E-state index in [1.165, 1.54) is 7.11 Å². The van der Waals surface area contributed by atoms with Gasteiger partial charge >= 0.3 is 5.97 Å². The van der Waals surface area contributed by atoms with Gasteiger partial charge in [-0.3, -0.25) is 0 Å². The number of methoxy groups -OCH3 is 2. The Hall–Kier alpha value is -1.39. The lowest BCUT2D eigenvalue weighted by atomic mass is 10.1. The van der Waals surface area contributed by atoms with Gasteiger partial charge in [-0.2, -0.15) is 0 Å². The van der Waals surface area contributed by atoms with Gasteiger partial charge in [0, 0.05) is 20.2 Å². The summed E-state index contributed by atoms with van der Waals surface area (Å²) in [5.41, 5.74) is 1.51. The summed E-state index contributed by atoms with van der Waals surface area (Å²) in [7, 11) is 3.08. The number of esters is 1. The van der Waals surface area contributed by atoms with E-state index < -0.39 is 0 Å². The SMILES string of the molecule is COC(=O)c1ccc(CNCC(C)(C)OC)cc1. The highest BCUT2D eigenvalue weighted by atomic mass is 16.5. The average Bonchev–Trinajstić information content (AvgIpc) is 2.38. The van der Waals surface area contributed by atoms with Crippen LogP contribution < -0.4 is 5.32 Å². The molecule has 1 N–H and O–H groups in total. The minimum atomic E-state index is -0.310. The molecular formula is C14H21NO3. The molecule has 0 aliphatic carbocycles. The van der Waals surface area contributed by atoms with Crippen LogP contribution in [0.5, 0.6) is 0 Å². The molecule has 1 aromatic rings. The molecule has 1 aromatic carbocycles. The van der Waals surface area contributed by atoms with E-state index in [0.717, 1.165) is 18.7 Å². The van der Waals surface area contributed by atoms with E-state index in [1.807, 2.05) is 26.0 Å². The summed E-state index contributed by atoms with van der Waals surface area (Å²) in [5.74, 6) is -0.310. The van der Waals surface area contributed by atoms with E-state index in [0.29, 0.717) is 5.56 Å². The fraction of sp³-hybridized carbons (Fsp3) is 0.500. The van der Waals surface area contributed by atoms with E-state index in [4.69, 9.17) is 4.74 Å². The third kappa shape index (κ3) is 4.47. The van der Waals surface area contributed by atoms with Crippen LogP contribution in [0.2, 0.25) is 0 Å². The summed E-state index contributed by atoms with van der Waals surface area (Å²) >= 11 is 0. The number of carbonyl (C=O) groups is 1. The van der Waals surface area contributed by atoms with Crippen molar-refractivity contribution < 1.29 is 14.3 Å². The first-order valence-corrected chi connectivity index (χ1v) is 5.91. The van der Waals surface area contributed by atoms with Gasteiger partial charge in [0.05, 0.1) is 18.3 Å². The molecule has 0 saturated heterocycles. The van der Waals surface area contributed by atoms with E-state index >= 15 is 0 Å². The molecule has 0 aromatic heterocycles. The number of ether oxygens (including phenoxy) is 2. The molecule has 0 amide bonds. The lowest BCUT2D eigenvalue weighted by Crippen LogP contribution is -2.36. The van der Waals surface area contributed by atoms with Crippen molar-refractivity contribution in [3.05, 3.63) is 35.4 Å². The van der Waals surface area contributed by atoms with Crippen LogP contribution in [0.15, 0.2) is 24.3 Å². The number of benzene rings is 1. The fourth-order valence-electron chi connectivity index (χ4n) is 1.46. The maximum Gasteiger partial charge on any atom is 0.337 e. The highest BCUT2D eigenvalue weighted by Crippen LogP contribution is 2.08. The summed E-state index contributed by atoms with van der Waals surface area (Å²) in [6.07, 6.45) is 0. The number of carbonyl (C=O) groups excluding carboxylic acids is 1.